The number of nitrogens with one attached hydrogen (secondary N) is 10. The van der Waals surface area contributed by atoms with Crippen molar-refractivity contribution in [2.45, 2.75) is 244 Å². The van der Waals surface area contributed by atoms with Crippen LogP contribution in [0.15, 0.2) is 48.5 Å². The third-order valence-corrected chi connectivity index (χ3v) is 18.3. The second kappa shape index (κ2) is 35.9. The van der Waals surface area contributed by atoms with E-state index in [9.17, 15) is 78.0 Å². The van der Waals surface area contributed by atoms with E-state index in [1.807, 2.05) is 0 Å². The Morgan fingerprint density at radius 1 is 0.443 bits per heavy atom. The molecule has 5 aliphatic heterocycles. The number of imide groups is 2. The summed E-state index contributed by atoms with van der Waals surface area (Å²) in [7, 11) is 0. The number of benzene rings is 2. The van der Waals surface area contributed by atoms with Crippen molar-refractivity contribution < 1.29 is 106 Å². The zero-order chi connectivity index (χ0) is 78.7. The predicted molar refractivity (Wildman–Crippen MR) is 376 cm³/mol. The van der Waals surface area contributed by atoms with E-state index >= 15 is 9.59 Å². The van der Waals surface area contributed by atoms with Crippen LogP contribution >= 0.6 is 0 Å². The van der Waals surface area contributed by atoms with Crippen molar-refractivity contribution in [1.29, 1.82) is 0 Å². The summed E-state index contributed by atoms with van der Waals surface area (Å²) in [6, 6.07) is -2.27. The van der Waals surface area contributed by atoms with Crippen molar-refractivity contribution in [3.05, 3.63) is 70.8 Å². The quantitative estimate of drug-likeness (QED) is 0.0741. The monoisotopic (exact) mass is 1490 g/mol. The molecule has 106 heavy (non-hydrogen) atoms. The lowest BCUT2D eigenvalue weighted by molar-refractivity contribution is -0.198. The zero-order valence-electron chi connectivity index (χ0n) is 62.3. The second-order valence-corrected chi connectivity index (χ2v) is 30.8. The first-order chi connectivity index (χ1) is 49.6. The van der Waals surface area contributed by atoms with E-state index in [2.05, 4.69) is 53.2 Å². The van der Waals surface area contributed by atoms with Crippen molar-refractivity contribution >= 4 is 83.1 Å². The van der Waals surface area contributed by atoms with Crippen molar-refractivity contribution in [3.63, 3.8) is 0 Å². The first-order valence-corrected chi connectivity index (χ1v) is 35.9. The molecule has 0 saturated carbocycles. The maximum Gasteiger partial charge on any atom is 0.407 e. The molecule has 2 aromatic rings. The summed E-state index contributed by atoms with van der Waals surface area (Å²) in [5.74, 6) is -14.8. The molecule has 0 aliphatic carbocycles. The Hall–Kier alpha value is -9.22. The number of hydrogen-bond donors (Lipinski definition) is 14. The molecule has 0 spiro atoms. The predicted octanol–water partition coefficient (Wildman–Crippen LogP) is -0.537. The number of amides is 14. The SMILES string of the molecule is CC(C)C[C@@H]1NC(=O)[C@@H](CCCNC(=O)OC(C)(C)C)NC(=O)[C@@H](C(C)C)NC(=O)[C@@H]2O[C@H](CNC(=O)[C@@H](CC(C)C)NC(=O)[C@@H](CCCNC(=O)OC(C)(C)C)NC(=O)[C@@H](C(C)C)NC(=O)[C@@H]3O[C@H](CNC1=O)[C@@H](O)[C@H](O)[C@H]3N1C(=O)c3ccccc3C1=O)[C@@H](O)[C@H](O)[C@H]2N1C(=O)c2ccccc2C1=O. The summed E-state index contributed by atoms with van der Waals surface area (Å²) < 4.78 is 23.3. The summed E-state index contributed by atoms with van der Waals surface area (Å²) in [6.45, 7) is 21.0. The van der Waals surface area contributed by atoms with Gasteiger partial charge in [0.2, 0.25) is 35.4 Å². The van der Waals surface area contributed by atoms with Gasteiger partial charge in [-0.05, 0) is 128 Å². The first-order valence-electron chi connectivity index (χ1n) is 35.9. The van der Waals surface area contributed by atoms with Gasteiger partial charge >= 0.3 is 12.2 Å². The highest BCUT2D eigenvalue weighted by molar-refractivity contribution is 6.22. The smallest absolute Gasteiger partial charge is 0.407 e. The Bertz CT molecular complexity index is 3310. The normalized spacial score (nSPS) is 28.7. The molecular formula is C72H104N12O22. The van der Waals surface area contributed by atoms with Gasteiger partial charge in [0.25, 0.3) is 35.4 Å². The minimum Gasteiger partial charge on any atom is -0.444 e. The molecule has 14 N–H and O–H groups in total. The van der Waals surface area contributed by atoms with Gasteiger partial charge in [0.15, 0.2) is 12.2 Å². The lowest BCUT2D eigenvalue weighted by Crippen LogP contribution is -2.70. The van der Waals surface area contributed by atoms with Gasteiger partial charge in [-0.3, -0.25) is 67.3 Å². The Balaban J connectivity index is 1.31. The number of fused-ring (bicyclic) bond motifs is 6. The zero-order valence-corrected chi connectivity index (χ0v) is 62.3. The number of carbonyl (C=O) groups excluding carboxylic acids is 14. The first kappa shape index (κ1) is 84.0. The maximum absolute atomic E-state index is 15.2. The number of nitrogens with zero attached hydrogens (tertiary/aromatic N) is 2. The van der Waals surface area contributed by atoms with Gasteiger partial charge in [-0.1, -0.05) is 79.7 Å². The number of hydrogen-bond acceptors (Lipinski definition) is 22. The molecule has 34 nitrogen and oxygen atoms in total. The highest BCUT2D eigenvalue weighted by Gasteiger charge is 2.58. The molecule has 5 aliphatic rings. The summed E-state index contributed by atoms with van der Waals surface area (Å²) in [4.78, 5) is 203. The van der Waals surface area contributed by atoms with E-state index in [1.165, 1.54) is 76.2 Å². The van der Waals surface area contributed by atoms with E-state index in [4.69, 9.17) is 18.9 Å². The van der Waals surface area contributed by atoms with Gasteiger partial charge < -0.3 is 92.5 Å². The van der Waals surface area contributed by atoms with Crippen LogP contribution in [-0.2, 0) is 57.3 Å². The standard InChI is InChI=1S/C72H104N12O22/c1-33(2)29-43-57(89)75-31-45-51(85)53(87)49(83-65(97)37-21-15-16-22-38(37)66(83)98)55(103-45)63(95)82-48(36(7)8)62(94)78-42(26-20-28-74-70(102)106-72(12,13)14)60(92)80-44(30-34(3)4)58(90)76-32-46-52(86)54(88)50(84-67(99)39-23-17-18-24-40(39)68(84)100)56(104-46)64(96)81-47(35(5)6)61(93)77-41(59(91)79-43)25-19-27-73-69(101)105-71(9,10)11/h15-18,21-24,33-36,41-56,85-88H,19-20,25-32H2,1-14H3,(H,73,101)(H,74,102)(H,75,89)(H,76,90)(H,77,93)(H,78,94)(H,79,91)(H,80,92)(H,81,96)(H,82,95)/t41-,42-,43-,44+,45-,46-,47-,48-,49-,50-,51-,52-,53-,54-,55-,56-/m1/s1. The lowest BCUT2D eigenvalue weighted by Gasteiger charge is -2.45. The summed E-state index contributed by atoms with van der Waals surface area (Å²) in [6.07, 6.45) is -18.9. The van der Waals surface area contributed by atoms with E-state index in [-0.39, 0.29) is 85.7 Å². The van der Waals surface area contributed by atoms with Crippen LogP contribution in [0.3, 0.4) is 0 Å². The van der Waals surface area contributed by atoms with Crippen LogP contribution in [0.4, 0.5) is 9.59 Å². The van der Waals surface area contributed by atoms with Crippen LogP contribution in [0.1, 0.15) is 177 Å². The van der Waals surface area contributed by atoms with E-state index in [0.29, 0.717) is 9.80 Å². The largest absolute Gasteiger partial charge is 0.444 e. The Morgan fingerprint density at radius 2 is 0.745 bits per heavy atom. The van der Waals surface area contributed by atoms with Crippen molar-refractivity contribution in [1.82, 2.24) is 63.0 Å². The fraction of sp³-hybridized carbons (Fsp3) is 0.639. The third kappa shape index (κ3) is 21.1. The molecule has 0 unspecified atom stereocenters. The van der Waals surface area contributed by atoms with Crippen molar-refractivity contribution in [2.24, 2.45) is 23.7 Å². The summed E-state index contributed by atoms with van der Waals surface area (Å²) in [5, 5.41) is 74.4. The number of aliphatic hydroxyl groups excluding tert-OH is 4. The van der Waals surface area contributed by atoms with E-state index < -0.39 is 216 Å². The van der Waals surface area contributed by atoms with Crippen molar-refractivity contribution in [3.8, 4) is 0 Å². The number of rotatable bonds is 16. The minimum absolute atomic E-state index is 0.0343. The fourth-order valence-electron chi connectivity index (χ4n) is 13.0. The van der Waals surface area contributed by atoms with Crippen LogP contribution < -0.4 is 53.2 Å². The summed E-state index contributed by atoms with van der Waals surface area (Å²) in [5.41, 5.74) is -2.27. The van der Waals surface area contributed by atoms with Crippen LogP contribution in [0.5, 0.6) is 0 Å². The van der Waals surface area contributed by atoms with Crippen LogP contribution in [0, 0.1) is 23.7 Å². The van der Waals surface area contributed by atoms with Crippen LogP contribution in [0.25, 0.3) is 0 Å². The minimum atomic E-state index is -2.21. The molecule has 2 aromatic carbocycles. The molecule has 3 saturated heterocycles. The Kier molecular flexibility index (Phi) is 28.5. The maximum atomic E-state index is 15.2. The van der Waals surface area contributed by atoms with Crippen molar-refractivity contribution in [2.75, 3.05) is 26.2 Å². The topological polar surface area (TPSA) is 484 Å². The highest BCUT2D eigenvalue weighted by Crippen LogP contribution is 2.35. The lowest BCUT2D eigenvalue weighted by atomic mass is 9.90. The third-order valence-electron chi connectivity index (χ3n) is 18.3. The molecule has 4 bridgehead atoms. The molecule has 0 radical (unpaired) electrons. The Morgan fingerprint density at radius 3 is 1.03 bits per heavy atom. The van der Waals surface area contributed by atoms with E-state index in [1.54, 1.807) is 69.2 Å². The van der Waals surface area contributed by atoms with Gasteiger partial charge in [-0.2, -0.15) is 0 Å². The van der Waals surface area contributed by atoms with Crippen LogP contribution in [0.2, 0.25) is 0 Å². The van der Waals surface area contributed by atoms with Gasteiger partial charge in [-0.25, -0.2) is 9.59 Å². The van der Waals surface area contributed by atoms with Crippen LogP contribution in [-0.4, -0.2) is 248 Å². The van der Waals surface area contributed by atoms with Gasteiger partial charge in [0.1, 0.15) is 96.2 Å². The van der Waals surface area contributed by atoms with E-state index in [0.717, 1.165) is 0 Å². The molecule has 14 amide bonds. The average Bonchev–Trinajstić information content (AvgIpc) is 1.56. The molecule has 7 rings (SSSR count). The number of carbonyl (C=O) groups is 14. The number of ether oxygens (including phenoxy) is 4. The fourth-order valence-corrected chi connectivity index (χ4v) is 13.0. The highest BCUT2D eigenvalue weighted by atomic mass is 16.6. The molecule has 34 heteroatoms. The number of alkyl carbamates (subject to hydrolysis) is 2. The van der Waals surface area contributed by atoms with Gasteiger partial charge in [-0.15, -0.1) is 0 Å². The average molecular weight is 1490 g/mol. The Labute approximate surface area is 614 Å². The second-order valence-electron chi connectivity index (χ2n) is 30.8. The summed E-state index contributed by atoms with van der Waals surface area (Å²) >= 11 is 0. The number of aliphatic hydroxyl groups is 4. The molecule has 0 aromatic heterocycles. The van der Waals surface area contributed by atoms with Gasteiger partial charge in [0, 0.05) is 26.2 Å². The molecular weight excluding hydrogens is 1380 g/mol. The molecule has 16 atom stereocenters. The van der Waals surface area contributed by atoms with Gasteiger partial charge in [0.05, 0.1) is 22.3 Å². The molecule has 584 valence electrons. The molecule has 5 heterocycles. The molecule has 3 fully saturated rings.